The lowest BCUT2D eigenvalue weighted by Crippen LogP contribution is -2.02. The van der Waals surface area contributed by atoms with Gasteiger partial charge in [-0.15, -0.1) is 0 Å². The molecular weight excluding hydrogens is 226 g/mol. The molecular formula is C14H17N3O. The lowest BCUT2D eigenvalue weighted by atomic mass is 10.1. The molecule has 4 heteroatoms. The molecule has 0 aliphatic heterocycles. The summed E-state index contributed by atoms with van der Waals surface area (Å²) in [5, 5.41) is 0. The van der Waals surface area contributed by atoms with Crippen LogP contribution in [0.5, 0.6) is 5.75 Å². The predicted octanol–water partition coefficient (Wildman–Crippen LogP) is 2.86. The summed E-state index contributed by atoms with van der Waals surface area (Å²) >= 11 is 0. The van der Waals surface area contributed by atoms with Crippen molar-refractivity contribution in [2.45, 2.75) is 19.8 Å². The van der Waals surface area contributed by atoms with Gasteiger partial charge in [-0.25, -0.2) is 9.97 Å². The largest absolute Gasteiger partial charge is 0.497 e. The number of nitrogens with zero attached hydrogens (tertiary/aromatic N) is 2. The number of aromatic nitrogens is 2. The van der Waals surface area contributed by atoms with Crippen LogP contribution in [0.2, 0.25) is 0 Å². The van der Waals surface area contributed by atoms with E-state index in [-0.39, 0.29) is 0 Å². The lowest BCUT2D eigenvalue weighted by molar-refractivity contribution is 0.415. The highest BCUT2D eigenvalue weighted by Crippen LogP contribution is 2.25. The Labute approximate surface area is 107 Å². The second kappa shape index (κ2) is 5.04. The molecule has 0 saturated heterocycles. The van der Waals surface area contributed by atoms with E-state index in [0.29, 0.717) is 11.9 Å². The van der Waals surface area contributed by atoms with Gasteiger partial charge in [0.1, 0.15) is 5.75 Å². The third-order valence-electron chi connectivity index (χ3n) is 2.72. The predicted molar refractivity (Wildman–Crippen MR) is 72.5 cm³/mol. The summed E-state index contributed by atoms with van der Waals surface area (Å²) in [6.45, 7) is 4.16. The molecule has 0 fully saturated rings. The maximum atomic E-state index is 5.75. The van der Waals surface area contributed by atoms with E-state index in [1.165, 1.54) is 0 Å². The molecule has 2 aromatic rings. The highest BCUT2D eigenvalue weighted by Gasteiger charge is 2.08. The summed E-state index contributed by atoms with van der Waals surface area (Å²) in [5.41, 5.74) is 8.50. The Morgan fingerprint density at radius 3 is 2.61 bits per heavy atom. The maximum Gasteiger partial charge on any atom is 0.220 e. The van der Waals surface area contributed by atoms with Gasteiger partial charge in [0.2, 0.25) is 5.95 Å². The summed E-state index contributed by atoms with van der Waals surface area (Å²) in [6.07, 6.45) is 0. The van der Waals surface area contributed by atoms with Crippen LogP contribution in [0.25, 0.3) is 11.3 Å². The van der Waals surface area contributed by atoms with E-state index < -0.39 is 0 Å². The summed E-state index contributed by atoms with van der Waals surface area (Å²) < 4.78 is 5.21. The van der Waals surface area contributed by atoms with Crippen LogP contribution >= 0.6 is 0 Å². The molecule has 1 aromatic heterocycles. The van der Waals surface area contributed by atoms with Crippen molar-refractivity contribution in [3.05, 3.63) is 36.0 Å². The molecule has 18 heavy (non-hydrogen) atoms. The molecule has 0 spiro atoms. The van der Waals surface area contributed by atoms with Gasteiger partial charge in [-0.3, -0.25) is 0 Å². The van der Waals surface area contributed by atoms with Crippen molar-refractivity contribution in [2.75, 3.05) is 12.8 Å². The van der Waals surface area contributed by atoms with Crippen LogP contribution in [-0.2, 0) is 0 Å². The first kappa shape index (κ1) is 12.4. The maximum absolute atomic E-state index is 5.75. The lowest BCUT2D eigenvalue weighted by Gasteiger charge is -2.09. The Hall–Kier alpha value is -2.10. The van der Waals surface area contributed by atoms with Crippen molar-refractivity contribution < 1.29 is 4.74 Å². The van der Waals surface area contributed by atoms with Crippen molar-refractivity contribution in [2.24, 2.45) is 0 Å². The Morgan fingerprint density at radius 1 is 1.17 bits per heavy atom. The van der Waals surface area contributed by atoms with Gasteiger partial charge in [0.25, 0.3) is 0 Å². The van der Waals surface area contributed by atoms with Gasteiger partial charge in [0.15, 0.2) is 0 Å². The number of nitrogen functional groups attached to an aromatic ring is 1. The molecule has 0 saturated carbocycles. The minimum absolute atomic E-state index is 0.305. The minimum atomic E-state index is 0.305. The molecule has 0 bridgehead atoms. The first-order chi connectivity index (χ1) is 8.60. The third kappa shape index (κ3) is 2.59. The smallest absolute Gasteiger partial charge is 0.220 e. The van der Waals surface area contributed by atoms with E-state index in [9.17, 15) is 0 Å². The van der Waals surface area contributed by atoms with Crippen molar-refractivity contribution in [1.82, 2.24) is 9.97 Å². The summed E-state index contributed by atoms with van der Waals surface area (Å²) in [7, 11) is 1.65. The van der Waals surface area contributed by atoms with Gasteiger partial charge in [0, 0.05) is 11.3 Å². The number of hydrogen-bond acceptors (Lipinski definition) is 4. The first-order valence-corrected chi connectivity index (χ1v) is 5.89. The van der Waals surface area contributed by atoms with Crippen LogP contribution in [0.3, 0.4) is 0 Å². The Bertz CT molecular complexity index is 552. The van der Waals surface area contributed by atoms with Gasteiger partial charge in [-0.05, 0) is 24.1 Å². The topological polar surface area (TPSA) is 61.0 Å². The highest BCUT2D eigenvalue weighted by atomic mass is 16.5. The molecule has 2 rings (SSSR count). The number of ether oxygens (including phenoxy) is 1. The van der Waals surface area contributed by atoms with Gasteiger partial charge < -0.3 is 10.5 Å². The quantitative estimate of drug-likeness (QED) is 0.900. The van der Waals surface area contributed by atoms with E-state index in [4.69, 9.17) is 10.5 Å². The molecule has 0 radical (unpaired) electrons. The standard InChI is InChI=1S/C14H17N3O/c1-9(2)12-8-13(17-14(15)16-12)10-5-4-6-11(7-10)18-3/h4-9H,1-3H3,(H2,15,16,17). The number of rotatable bonds is 3. The molecule has 0 amide bonds. The number of hydrogen-bond donors (Lipinski definition) is 1. The SMILES string of the molecule is COc1cccc(-c2cc(C(C)C)nc(N)n2)c1. The monoisotopic (exact) mass is 243 g/mol. The Kier molecular flexibility index (Phi) is 3.46. The molecule has 94 valence electrons. The number of methoxy groups -OCH3 is 1. The van der Waals surface area contributed by atoms with Crippen molar-refractivity contribution in [1.29, 1.82) is 0 Å². The van der Waals surface area contributed by atoms with Gasteiger partial charge >= 0.3 is 0 Å². The molecule has 4 nitrogen and oxygen atoms in total. The number of nitrogens with two attached hydrogens (primary N) is 1. The van der Waals surface area contributed by atoms with Gasteiger partial charge in [-0.1, -0.05) is 26.0 Å². The summed E-state index contributed by atoms with van der Waals surface area (Å²) in [4.78, 5) is 8.51. The molecule has 1 aromatic carbocycles. The zero-order valence-corrected chi connectivity index (χ0v) is 10.8. The number of benzene rings is 1. The van der Waals surface area contributed by atoms with E-state index >= 15 is 0 Å². The second-order valence-electron chi connectivity index (χ2n) is 4.42. The van der Waals surface area contributed by atoms with Crippen LogP contribution in [0, 0.1) is 0 Å². The molecule has 1 heterocycles. The fraction of sp³-hybridized carbons (Fsp3) is 0.286. The van der Waals surface area contributed by atoms with E-state index in [0.717, 1.165) is 22.7 Å². The third-order valence-corrected chi connectivity index (χ3v) is 2.72. The van der Waals surface area contributed by atoms with E-state index in [1.807, 2.05) is 30.3 Å². The van der Waals surface area contributed by atoms with Crippen LogP contribution in [-0.4, -0.2) is 17.1 Å². The normalized spacial score (nSPS) is 10.7. The fourth-order valence-electron chi connectivity index (χ4n) is 1.71. The molecule has 0 atom stereocenters. The second-order valence-corrected chi connectivity index (χ2v) is 4.42. The zero-order chi connectivity index (χ0) is 13.1. The summed E-state index contributed by atoms with van der Waals surface area (Å²) in [5.74, 6) is 1.43. The van der Waals surface area contributed by atoms with Crippen LogP contribution in [0.1, 0.15) is 25.5 Å². The van der Waals surface area contributed by atoms with Crippen LogP contribution < -0.4 is 10.5 Å². The van der Waals surface area contributed by atoms with Gasteiger partial charge in [-0.2, -0.15) is 0 Å². The minimum Gasteiger partial charge on any atom is -0.497 e. The van der Waals surface area contributed by atoms with Gasteiger partial charge in [0.05, 0.1) is 12.8 Å². The molecule has 0 aliphatic rings. The average molecular weight is 243 g/mol. The van der Waals surface area contributed by atoms with Crippen LogP contribution in [0.15, 0.2) is 30.3 Å². The molecule has 2 N–H and O–H groups in total. The molecule has 0 unspecified atom stereocenters. The van der Waals surface area contributed by atoms with E-state index in [2.05, 4.69) is 23.8 Å². The zero-order valence-electron chi connectivity index (χ0n) is 10.8. The first-order valence-electron chi connectivity index (χ1n) is 5.89. The fourth-order valence-corrected chi connectivity index (χ4v) is 1.71. The van der Waals surface area contributed by atoms with Crippen molar-refractivity contribution >= 4 is 5.95 Å². The summed E-state index contributed by atoms with van der Waals surface area (Å²) in [6, 6.07) is 9.72. The van der Waals surface area contributed by atoms with E-state index in [1.54, 1.807) is 7.11 Å². The Balaban J connectivity index is 2.49. The average Bonchev–Trinajstić information content (AvgIpc) is 2.38. The highest BCUT2D eigenvalue weighted by molar-refractivity contribution is 5.62. The number of anilines is 1. The van der Waals surface area contributed by atoms with Crippen molar-refractivity contribution in [3.63, 3.8) is 0 Å². The van der Waals surface area contributed by atoms with Crippen LogP contribution in [0.4, 0.5) is 5.95 Å². The Morgan fingerprint density at radius 2 is 1.94 bits per heavy atom. The van der Waals surface area contributed by atoms with Crippen molar-refractivity contribution in [3.8, 4) is 17.0 Å². The molecule has 0 aliphatic carbocycles.